The van der Waals surface area contributed by atoms with Gasteiger partial charge in [-0.25, -0.2) is 0 Å². The summed E-state index contributed by atoms with van der Waals surface area (Å²) >= 11 is 0. The van der Waals surface area contributed by atoms with Gasteiger partial charge in [-0.05, 0) is 5.69 Å². The van der Waals surface area contributed by atoms with Crippen LogP contribution in [0, 0.1) is 13.3 Å². The predicted octanol–water partition coefficient (Wildman–Crippen LogP) is -0.204. The minimum atomic E-state index is -0.597. The Hall–Kier alpha value is -0.466. The molecule has 1 radical (unpaired) electrons. The molecule has 0 unspecified atom stereocenters. The second kappa shape index (κ2) is 5.67. The number of nitrogens with zero attached hydrogens (tertiary/aromatic N) is 4. The number of fused-ring (bicyclic) bond motifs is 1. The van der Waals surface area contributed by atoms with Gasteiger partial charge >= 0.3 is 0 Å². The SMILES string of the molecule is Cc1n[c-]nc2c1ncn2[C@@H]1OC[C@H](CO)O1.[Y]. The molecular weight excluding hydrogens is 313 g/mol. The predicted molar refractivity (Wildman–Crippen MR) is 55.8 cm³/mol. The van der Waals surface area contributed by atoms with Gasteiger partial charge in [0.1, 0.15) is 6.10 Å². The van der Waals surface area contributed by atoms with E-state index in [0.717, 1.165) is 5.69 Å². The molecule has 8 heteroatoms. The van der Waals surface area contributed by atoms with Crippen molar-refractivity contribution in [1.29, 1.82) is 0 Å². The molecule has 0 bridgehead atoms. The van der Waals surface area contributed by atoms with Crippen molar-refractivity contribution >= 4 is 11.2 Å². The molecule has 0 aromatic carbocycles. The molecule has 1 fully saturated rings. The normalized spacial score (nSPS) is 23.2. The number of ether oxygens (including phenoxy) is 2. The maximum atomic E-state index is 8.98. The molecular formula is C10H11N4O3Y-. The number of imidazole rings is 1. The summed E-state index contributed by atoms with van der Waals surface area (Å²) in [4.78, 5) is 12.2. The van der Waals surface area contributed by atoms with E-state index < -0.39 is 6.41 Å². The Balaban J connectivity index is 0.00000120. The van der Waals surface area contributed by atoms with Crippen LogP contribution in [0.5, 0.6) is 0 Å². The van der Waals surface area contributed by atoms with Gasteiger partial charge in [0.05, 0.1) is 25.2 Å². The van der Waals surface area contributed by atoms with E-state index in [4.69, 9.17) is 14.6 Å². The third-order valence-electron chi connectivity index (χ3n) is 2.65. The summed E-state index contributed by atoms with van der Waals surface area (Å²) in [6, 6.07) is 0. The topological polar surface area (TPSA) is 82.3 Å². The van der Waals surface area contributed by atoms with Crippen LogP contribution in [0.2, 0.25) is 0 Å². The maximum Gasteiger partial charge on any atom is 0.236 e. The van der Waals surface area contributed by atoms with Crippen molar-refractivity contribution in [3.05, 3.63) is 18.3 Å². The Kier molecular flexibility index (Phi) is 4.39. The Labute approximate surface area is 128 Å². The van der Waals surface area contributed by atoms with Crippen LogP contribution in [0.25, 0.3) is 11.2 Å². The summed E-state index contributed by atoms with van der Waals surface area (Å²) in [7, 11) is 0. The maximum absolute atomic E-state index is 8.98. The van der Waals surface area contributed by atoms with E-state index >= 15 is 0 Å². The van der Waals surface area contributed by atoms with E-state index in [0.29, 0.717) is 17.8 Å². The van der Waals surface area contributed by atoms with Crippen molar-refractivity contribution in [3.8, 4) is 0 Å². The van der Waals surface area contributed by atoms with Gasteiger partial charge < -0.3 is 29.1 Å². The quantitative estimate of drug-likeness (QED) is 0.770. The Morgan fingerprint density at radius 3 is 3.11 bits per heavy atom. The summed E-state index contributed by atoms with van der Waals surface area (Å²) in [6.07, 6.45) is 3.25. The van der Waals surface area contributed by atoms with Crippen LogP contribution in [0.1, 0.15) is 12.1 Å². The van der Waals surface area contributed by atoms with Crippen molar-refractivity contribution in [3.63, 3.8) is 0 Å². The van der Waals surface area contributed by atoms with Crippen molar-refractivity contribution in [2.45, 2.75) is 19.4 Å². The summed E-state index contributed by atoms with van der Waals surface area (Å²) in [5, 5.41) is 8.98. The van der Waals surface area contributed by atoms with Gasteiger partial charge in [-0.3, -0.25) is 4.98 Å². The molecule has 2 atom stereocenters. The first-order chi connectivity index (χ1) is 8.29. The zero-order valence-electron chi connectivity index (χ0n) is 9.78. The fraction of sp³-hybridized carbons (Fsp3) is 0.500. The number of aromatic nitrogens is 4. The van der Waals surface area contributed by atoms with Crippen LogP contribution in [0.15, 0.2) is 6.33 Å². The van der Waals surface area contributed by atoms with Crippen molar-refractivity contribution in [1.82, 2.24) is 19.5 Å². The second-order valence-corrected chi connectivity index (χ2v) is 3.81. The van der Waals surface area contributed by atoms with Crippen molar-refractivity contribution in [2.24, 2.45) is 0 Å². The minimum absolute atomic E-state index is 0. The summed E-state index contributed by atoms with van der Waals surface area (Å²) in [5.74, 6) is 0. The molecule has 93 valence electrons. The summed E-state index contributed by atoms with van der Waals surface area (Å²) < 4.78 is 12.6. The van der Waals surface area contributed by atoms with Crippen molar-refractivity contribution < 1.29 is 47.3 Å². The first-order valence-corrected chi connectivity index (χ1v) is 5.24. The largest absolute Gasteiger partial charge is 0.394 e. The third-order valence-corrected chi connectivity index (χ3v) is 2.65. The first kappa shape index (κ1) is 14.0. The fourth-order valence-corrected chi connectivity index (χ4v) is 1.75. The monoisotopic (exact) mass is 324 g/mol. The van der Waals surface area contributed by atoms with E-state index in [1.807, 2.05) is 6.92 Å². The molecule has 0 spiro atoms. The molecule has 2 aromatic rings. The summed E-state index contributed by atoms with van der Waals surface area (Å²) in [6.45, 7) is 2.13. The molecule has 0 amide bonds. The van der Waals surface area contributed by atoms with Gasteiger partial charge in [0.25, 0.3) is 0 Å². The number of aliphatic hydroxyl groups excluding tert-OH is 1. The Bertz CT molecular complexity index is 547. The molecule has 1 aliphatic rings. The zero-order valence-corrected chi connectivity index (χ0v) is 12.6. The van der Waals surface area contributed by atoms with Gasteiger partial charge in [0, 0.05) is 44.6 Å². The molecule has 3 heterocycles. The molecule has 2 aromatic heterocycles. The van der Waals surface area contributed by atoms with Crippen LogP contribution >= 0.6 is 0 Å². The van der Waals surface area contributed by atoms with Crippen LogP contribution in [-0.2, 0) is 42.2 Å². The van der Waals surface area contributed by atoms with E-state index in [2.05, 4.69) is 21.3 Å². The standard InChI is InChI=1S/C10H11N4O3.Y/c1-6-8-9(12-4-11-6)14(5-13-8)10-16-3-7(2-15)17-10;/h5,7,10,15H,2-3H2,1H3;/q-1;/t7-,10+;/m0./s1. The zero-order chi connectivity index (χ0) is 11.8. The van der Waals surface area contributed by atoms with Gasteiger partial charge in [0.15, 0.2) is 0 Å². The number of hydrogen-bond donors (Lipinski definition) is 1. The van der Waals surface area contributed by atoms with Crippen molar-refractivity contribution in [2.75, 3.05) is 13.2 Å². The molecule has 1 N–H and O–H groups in total. The first-order valence-electron chi connectivity index (χ1n) is 5.24. The number of rotatable bonds is 2. The van der Waals surface area contributed by atoms with Crippen LogP contribution in [-0.4, -0.2) is 43.9 Å². The van der Waals surface area contributed by atoms with Crippen LogP contribution < -0.4 is 0 Å². The number of hydrogen-bond acceptors (Lipinski definition) is 6. The average Bonchev–Trinajstić information content (AvgIpc) is 2.94. The Morgan fingerprint density at radius 1 is 1.56 bits per heavy atom. The third kappa shape index (κ3) is 2.33. The molecule has 1 aliphatic heterocycles. The van der Waals surface area contributed by atoms with Gasteiger partial charge in [0.2, 0.25) is 6.41 Å². The van der Waals surface area contributed by atoms with E-state index in [-0.39, 0.29) is 45.4 Å². The minimum Gasteiger partial charge on any atom is -0.394 e. The molecule has 0 aliphatic carbocycles. The van der Waals surface area contributed by atoms with Crippen LogP contribution in [0.4, 0.5) is 0 Å². The molecule has 3 rings (SSSR count). The molecule has 7 nitrogen and oxygen atoms in total. The summed E-state index contributed by atoms with van der Waals surface area (Å²) in [5.41, 5.74) is 2.06. The molecule has 1 saturated heterocycles. The molecule has 18 heavy (non-hydrogen) atoms. The smallest absolute Gasteiger partial charge is 0.236 e. The van der Waals surface area contributed by atoms with E-state index in [9.17, 15) is 0 Å². The second-order valence-electron chi connectivity index (χ2n) is 3.81. The fourth-order valence-electron chi connectivity index (χ4n) is 1.75. The van der Waals surface area contributed by atoms with E-state index in [1.54, 1.807) is 10.9 Å². The van der Waals surface area contributed by atoms with Gasteiger partial charge in [-0.15, -0.1) is 0 Å². The Morgan fingerprint density at radius 2 is 2.39 bits per heavy atom. The molecule has 0 saturated carbocycles. The van der Waals surface area contributed by atoms with Crippen LogP contribution in [0.3, 0.4) is 0 Å². The van der Waals surface area contributed by atoms with Gasteiger partial charge in [-0.1, -0.05) is 6.92 Å². The average molecular weight is 324 g/mol. The van der Waals surface area contributed by atoms with Gasteiger partial charge in [-0.2, -0.15) is 0 Å². The van der Waals surface area contributed by atoms with E-state index in [1.165, 1.54) is 0 Å². The number of aryl methyl sites for hydroxylation is 1. The number of aliphatic hydroxyl groups is 1.